The first-order valence-electron chi connectivity index (χ1n) is 8.29. The maximum atomic E-state index is 2.48. The second-order valence-electron chi connectivity index (χ2n) is 6.84. The van der Waals surface area contributed by atoms with E-state index in [9.17, 15) is 0 Å². The topological polar surface area (TPSA) is 0 Å². The van der Waals surface area contributed by atoms with E-state index in [2.05, 4.69) is 54.6 Å². The van der Waals surface area contributed by atoms with Crippen molar-refractivity contribution in [3.8, 4) is 0 Å². The second-order valence-corrected chi connectivity index (χ2v) is 6.84. The van der Waals surface area contributed by atoms with E-state index in [0.717, 1.165) is 6.42 Å². The standard InChI is InChI=1S/C22H16/c1-3-13-7-9-15-11-12-16-10-8-14-4-2-6-18-17(5-1)19(13)21(15)22(16)20(14)18/h1-7,9-10,15H,8,11-12H2. The number of rotatable bonds is 0. The Morgan fingerprint density at radius 3 is 2.73 bits per heavy atom. The highest BCUT2D eigenvalue weighted by molar-refractivity contribution is 6.18. The van der Waals surface area contributed by atoms with E-state index in [1.165, 1.54) is 40.1 Å². The Kier molecular flexibility index (Phi) is 1.89. The zero-order valence-corrected chi connectivity index (χ0v) is 12.4. The molecule has 0 amide bonds. The van der Waals surface area contributed by atoms with Crippen molar-refractivity contribution < 1.29 is 0 Å². The van der Waals surface area contributed by atoms with Gasteiger partial charge in [0.05, 0.1) is 0 Å². The van der Waals surface area contributed by atoms with Gasteiger partial charge in [0.1, 0.15) is 0 Å². The van der Waals surface area contributed by atoms with E-state index in [4.69, 9.17) is 0 Å². The van der Waals surface area contributed by atoms with Crippen LogP contribution in [-0.2, 0) is 6.42 Å². The third kappa shape index (κ3) is 1.17. The molecule has 6 rings (SSSR count). The predicted octanol–water partition coefficient (Wildman–Crippen LogP) is 5.84. The average molecular weight is 280 g/mol. The fourth-order valence-electron chi connectivity index (χ4n) is 4.92. The lowest BCUT2D eigenvalue weighted by Gasteiger charge is -2.34. The van der Waals surface area contributed by atoms with Gasteiger partial charge in [-0.15, -0.1) is 0 Å². The highest BCUT2D eigenvalue weighted by atomic mass is 14.3. The lowest BCUT2D eigenvalue weighted by molar-refractivity contribution is 0.738. The largest absolute Gasteiger partial charge is 0.0763 e. The Hall–Kier alpha value is -2.34. The van der Waals surface area contributed by atoms with Crippen molar-refractivity contribution in [3.05, 3.63) is 70.8 Å². The highest BCUT2D eigenvalue weighted by Gasteiger charge is 2.31. The lowest BCUT2D eigenvalue weighted by Crippen LogP contribution is -2.14. The third-order valence-corrected chi connectivity index (χ3v) is 5.82. The number of hydrogen-bond acceptors (Lipinski definition) is 0. The van der Waals surface area contributed by atoms with Gasteiger partial charge >= 0.3 is 0 Å². The lowest BCUT2D eigenvalue weighted by atomic mass is 9.70. The van der Waals surface area contributed by atoms with Crippen molar-refractivity contribution >= 4 is 33.2 Å². The van der Waals surface area contributed by atoms with Crippen LogP contribution in [0.4, 0.5) is 0 Å². The summed E-state index contributed by atoms with van der Waals surface area (Å²) in [6.07, 6.45) is 10.9. The van der Waals surface area contributed by atoms with E-state index in [1.54, 1.807) is 22.1 Å². The molecular formula is C22H16. The van der Waals surface area contributed by atoms with Crippen LogP contribution in [0.3, 0.4) is 0 Å². The van der Waals surface area contributed by atoms with Crippen LogP contribution in [-0.4, -0.2) is 0 Å². The van der Waals surface area contributed by atoms with Crippen LogP contribution < -0.4 is 0 Å². The molecule has 22 heavy (non-hydrogen) atoms. The minimum atomic E-state index is 0.611. The molecule has 1 atom stereocenters. The van der Waals surface area contributed by atoms with Gasteiger partial charge in [-0.3, -0.25) is 0 Å². The average Bonchev–Trinajstić information content (AvgIpc) is 2.59. The normalized spacial score (nSPS) is 20.7. The molecule has 0 heterocycles. The molecule has 0 nitrogen and oxygen atoms in total. The maximum Gasteiger partial charge on any atom is 0.00371 e. The summed E-state index contributed by atoms with van der Waals surface area (Å²) in [6.45, 7) is 0. The first-order chi connectivity index (χ1) is 10.9. The molecule has 0 aromatic heterocycles. The van der Waals surface area contributed by atoms with Gasteiger partial charge in [-0.1, -0.05) is 54.6 Å². The molecular weight excluding hydrogens is 264 g/mol. The quantitative estimate of drug-likeness (QED) is 0.454. The molecule has 1 unspecified atom stereocenters. The third-order valence-electron chi connectivity index (χ3n) is 5.82. The number of fused-ring (bicyclic) bond motifs is 1. The molecule has 104 valence electrons. The molecule has 0 spiro atoms. The number of allylic oxidation sites excluding steroid dienone is 3. The number of benzene rings is 3. The van der Waals surface area contributed by atoms with E-state index < -0.39 is 0 Å². The molecule has 3 aromatic rings. The van der Waals surface area contributed by atoms with Crippen molar-refractivity contribution in [2.45, 2.75) is 25.2 Å². The second kappa shape index (κ2) is 3.70. The van der Waals surface area contributed by atoms with E-state index in [1.807, 2.05) is 0 Å². The predicted molar refractivity (Wildman–Crippen MR) is 94.1 cm³/mol. The van der Waals surface area contributed by atoms with Crippen LogP contribution in [0.2, 0.25) is 0 Å². The summed E-state index contributed by atoms with van der Waals surface area (Å²) in [5.74, 6) is 0.611. The maximum absolute atomic E-state index is 2.48. The summed E-state index contributed by atoms with van der Waals surface area (Å²) < 4.78 is 0. The summed E-state index contributed by atoms with van der Waals surface area (Å²) >= 11 is 0. The van der Waals surface area contributed by atoms with Crippen molar-refractivity contribution in [2.24, 2.45) is 0 Å². The Bertz CT molecular complexity index is 1040. The Balaban J connectivity index is 2.00. The summed E-state index contributed by atoms with van der Waals surface area (Å²) in [6, 6.07) is 13.7. The molecule has 0 aliphatic heterocycles. The van der Waals surface area contributed by atoms with Crippen LogP contribution in [0.15, 0.2) is 48.6 Å². The fourth-order valence-corrected chi connectivity index (χ4v) is 4.92. The van der Waals surface area contributed by atoms with Crippen LogP contribution >= 0.6 is 0 Å². The van der Waals surface area contributed by atoms with Crippen LogP contribution in [0.5, 0.6) is 0 Å². The van der Waals surface area contributed by atoms with Gasteiger partial charge in [0, 0.05) is 5.92 Å². The van der Waals surface area contributed by atoms with Gasteiger partial charge < -0.3 is 0 Å². The van der Waals surface area contributed by atoms with Crippen molar-refractivity contribution in [1.82, 2.24) is 0 Å². The van der Waals surface area contributed by atoms with Crippen LogP contribution in [0.25, 0.3) is 33.2 Å². The smallest absolute Gasteiger partial charge is 0.00371 e. The monoisotopic (exact) mass is 280 g/mol. The SMILES string of the molecule is C1=CC2CCC3=CCc4cccc5c4c3c2c2c1cccc25. The summed E-state index contributed by atoms with van der Waals surface area (Å²) in [5, 5.41) is 5.96. The fraction of sp³-hybridized carbons (Fsp3) is 0.182. The summed E-state index contributed by atoms with van der Waals surface area (Å²) in [7, 11) is 0. The molecule has 3 aromatic carbocycles. The van der Waals surface area contributed by atoms with Gasteiger partial charge in [-0.25, -0.2) is 0 Å². The molecule has 0 radical (unpaired) electrons. The zero-order valence-electron chi connectivity index (χ0n) is 12.4. The van der Waals surface area contributed by atoms with Gasteiger partial charge in [0.15, 0.2) is 0 Å². The molecule has 0 fully saturated rings. The van der Waals surface area contributed by atoms with Gasteiger partial charge in [0.25, 0.3) is 0 Å². The zero-order chi connectivity index (χ0) is 14.3. The molecule has 0 saturated carbocycles. The van der Waals surface area contributed by atoms with Crippen LogP contribution in [0.1, 0.15) is 41.0 Å². The molecule has 0 saturated heterocycles. The minimum absolute atomic E-state index is 0.611. The van der Waals surface area contributed by atoms with Crippen LogP contribution in [0, 0.1) is 0 Å². The van der Waals surface area contributed by atoms with E-state index >= 15 is 0 Å². The van der Waals surface area contributed by atoms with E-state index in [0.29, 0.717) is 5.92 Å². The molecule has 3 aliphatic rings. The first kappa shape index (κ1) is 11.3. The summed E-state index contributed by atoms with van der Waals surface area (Å²) in [5.41, 5.74) is 7.71. The molecule has 0 heteroatoms. The van der Waals surface area contributed by atoms with Gasteiger partial charge in [-0.2, -0.15) is 0 Å². The number of hydrogen-bond donors (Lipinski definition) is 0. The van der Waals surface area contributed by atoms with Crippen molar-refractivity contribution in [1.29, 1.82) is 0 Å². The van der Waals surface area contributed by atoms with Gasteiger partial charge in [0.2, 0.25) is 0 Å². The van der Waals surface area contributed by atoms with Gasteiger partial charge in [-0.05, 0) is 68.6 Å². The Labute approximate surface area is 129 Å². The van der Waals surface area contributed by atoms with Crippen molar-refractivity contribution in [2.75, 3.05) is 0 Å². The Morgan fingerprint density at radius 1 is 0.909 bits per heavy atom. The van der Waals surface area contributed by atoms with E-state index in [-0.39, 0.29) is 0 Å². The molecule has 0 bridgehead atoms. The first-order valence-corrected chi connectivity index (χ1v) is 8.29. The molecule has 3 aliphatic carbocycles. The highest BCUT2D eigenvalue weighted by Crippen LogP contribution is 2.51. The molecule has 0 N–H and O–H groups in total. The van der Waals surface area contributed by atoms with Crippen molar-refractivity contribution in [3.63, 3.8) is 0 Å². The Morgan fingerprint density at radius 2 is 1.77 bits per heavy atom. The minimum Gasteiger partial charge on any atom is -0.0763 e. The summed E-state index contributed by atoms with van der Waals surface area (Å²) in [4.78, 5) is 0.